The number of nitrogens with zero attached hydrogens (tertiary/aromatic N) is 2. The van der Waals surface area contributed by atoms with E-state index in [1.165, 1.54) is 0 Å². The van der Waals surface area contributed by atoms with Gasteiger partial charge in [0.25, 0.3) is 0 Å². The molecule has 4 nitrogen and oxygen atoms in total. The zero-order valence-electron chi connectivity index (χ0n) is 12.2. The van der Waals surface area contributed by atoms with E-state index in [1.807, 2.05) is 18.7 Å². The highest BCUT2D eigenvalue weighted by atomic mass is 19.4. The average molecular weight is 303 g/mol. The smallest absolute Gasteiger partial charge is 0.391 e. The lowest BCUT2D eigenvalue weighted by Gasteiger charge is -2.33. The molecule has 7 heteroatoms. The fourth-order valence-electron chi connectivity index (χ4n) is 2.37. The van der Waals surface area contributed by atoms with Gasteiger partial charge in [-0.3, -0.25) is 0 Å². The van der Waals surface area contributed by atoms with Crippen molar-refractivity contribution in [3.63, 3.8) is 0 Å². The molecule has 118 valence electrons. The third kappa shape index (κ3) is 3.92. The van der Waals surface area contributed by atoms with E-state index in [-0.39, 0.29) is 18.9 Å². The molecule has 0 unspecified atom stereocenters. The zero-order chi connectivity index (χ0) is 15.6. The van der Waals surface area contributed by atoms with Crippen molar-refractivity contribution in [1.29, 1.82) is 0 Å². The summed E-state index contributed by atoms with van der Waals surface area (Å²) in [7, 11) is 0. The Morgan fingerprint density at radius 1 is 1.29 bits per heavy atom. The number of hydrogen-bond acceptors (Lipinski definition) is 4. The highest BCUT2D eigenvalue weighted by Gasteiger charge is 2.41. The predicted octanol–water partition coefficient (Wildman–Crippen LogP) is 3.23. The molecular weight excluding hydrogens is 283 g/mol. The molecule has 0 atom stereocenters. The number of pyridine rings is 1. The van der Waals surface area contributed by atoms with Crippen molar-refractivity contribution in [1.82, 2.24) is 4.98 Å². The van der Waals surface area contributed by atoms with Gasteiger partial charge in [-0.15, -0.1) is 0 Å². The highest BCUT2D eigenvalue weighted by molar-refractivity contribution is 5.54. The van der Waals surface area contributed by atoms with Gasteiger partial charge >= 0.3 is 6.18 Å². The number of rotatable bonds is 3. The second kappa shape index (κ2) is 5.99. The maximum Gasteiger partial charge on any atom is 0.391 e. The van der Waals surface area contributed by atoms with Gasteiger partial charge in [-0.05, 0) is 38.8 Å². The van der Waals surface area contributed by atoms with Gasteiger partial charge < -0.3 is 15.4 Å². The van der Waals surface area contributed by atoms with Crippen molar-refractivity contribution in [2.24, 2.45) is 5.92 Å². The van der Waals surface area contributed by atoms with E-state index in [9.17, 15) is 13.2 Å². The molecule has 2 rings (SSSR count). The number of piperidine rings is 1. The van der Waals surface area contributed by atoms with Gasteiger partial charge in [0.15, 0.2) is 0 Å². The first-order chi connectivity index (χ1) is 9.77. The van der Waals surface area contributed by atoms with Crippen LogP contribution in [0.2, 0.25) is 0 Å². The summed E-state index contributed by atoms with van der Waals surface area (Å²) in [6.07, 6.45) is -3.98. The highest BCUT2D eigenvalue weighted by Crippen LogP contribution is 2.35. The van der Waals surface area contributed by atoms with Crippen LogP contribution in [-0.2, 0) is 0 Å². The van der Waals surface area contributed by atoms with E-state index in [2.05, 4.69) is 4.98 Å². The van der Waals surface area contributed by atoms with Crippen LogP contribution in [0.25, 0.3) is 0 Å². The number of halogens is 3. The second-order valence-corrected chi connectivity index (χ2v) is 5.53. The van der Waals surface area contributed by atoms with Crippen LogP contribution in [0.4, 0.5) is 24.7 Å². The fraction of sp³-hybridized carbons (Fsp3) is 0.643. The molecule has 21 heavy (non-hydrogen) atoms. The molecule has 0 amide bonds. The molecule has 0 aromatic carbocycles. The minimum absolute atomic E-state index is 0.0639. The summed E-state index contributed by atoms with van der Waals surface area (Å²) in [5, 5.41) is 0. The minimum atomic E-state index is -4.10. The summed E-state index contributed by atoms with van der Waals surface area (Å²) in [5.41, 5.74) is 6.22. The van der Waals surface area contributed by atoms with Crippen LogP contribution in [-0.4, -0.2) is 30.4 Å². The number of anilines is 2. The Morgan fingerprint density at radius 2 is 1.90 bits per heavy atom. The predicted molar refractivity (Wildman–Crippen MR) is 75.4 cm³/mol. The number of nitrogens with two attached hydrogens (primary N) is 1. The average Bonchev–Trinajstić information content (AvgIpc) is 2.40. The van der Waals surface area contributed by atoms with Gasteiger partial charge in [-0.1, -0.05) is 0 Å². The van der Waals surface area contributed by atoms with Crippen molar-refractivity contribution in [3.05, 3.63) is 12.1 Å². The topological polar surface area (TPSA) is 51.4 Å². The fourth-order valence-corrected chi connectivity index (χ4v) is 2.37. The first-order valence-corrected chi connectivity index (χ1v) is 7.02. The lowest BCUT2D eigenvalue weighted by atomic mass is 9.96. The molecule has 1 aromatic heterocycles. The summed E-state index contributed by atoms with van der Waals surface area (Å²) in [6, 6.07) is 3.40. The molecule has 2 N–H and O–H groups in total. The molecule has 1 aliphatic heterocycles. The van der Waals surface area contributed by atoms with Crippen molar-refractivity contribution in [2.75, 3.05) is 23.7 Å². The summed E-state index contributed by atoms with van der Waals surface area (Å²) in [4.78, 5) is 6.16. The quantitative estimate of drug-likeness (QED) is 0.931. The Kier molecular flexibility index (Phi) is 4.49. The molecule has 1 saturated heterocycles. The number of alkyl halides is 3. The van der Waals surface area contributed by atoms with Gasteiger partial charge in [0.2, 0.25) is 5.88 Å². The van der Waals surface area contributed by atoms with Gasteiger partial charge in [-0.25, -0.2) is 0 Å². The largest absolute Gasteiger partial charge is 0.473 e. The molecule has 0 spiro atoms. The van der Waals surface area contributed by atoms with E-state index >= 15 is 0 Å². The molecule has 0 aliphatic carbocycles. The molecule has 0 saturated carbocycles. The molecule has 1 aromatic rings. The molecule has 0 bridgehead atoms. The first kappa shape index (κ1) is 15.7. The molecular formula is C14H20F3N3O. The van der Waals surface area contributed by atoms with Gasteiger partial charge in [0.05, 0.1) is 17.7 Å². The first-order valence-electron chi connectivity index (χ1n) is 7.02. The van der Waals surface area contributed by atoms with Gasteiger partial charge in [0, 0.05) is 13.1 Å². The summed E-state index contributed by atoms with van der Waals surface area (Å²) >= 11 is 0. The van der Waals surface area contributed by atoms with Crippen LogP contribution >= 0.6 is 0 Å². The summed E-state index contributed by atoms with van der Waals surface area (Å²) in [5.74, 6) is -0.269. The van der Waals surface area contributed by atoms with E-state index in [1.54, 1.807) is 12.1 Å². The maximum absolute atomic E-state index is 12.7. The van der Waals surface area contributed by atoms with Crippen LogP contribution in [0.5, 0.6) is 5.88 Å². The molecule has 2 heterocycles. The SMILES string of the molecule is CC(C)Oc1nc(N2CCC(C(F)(F)F)CC2)ccc1N. The normalized spacial score (nSPS) is 17.3. The van der Waals surface area contributed by atoms with E-state index in [4.69, 9.17) is 10.5 Å². The number of ether oxygens (including phenoxy) is 1. The van der Waals surface area contributed by atoms with Crippen LogP contribution in [0.15, 0.2) is 12.1 Å². The van der Waals surface area contributed by atoms with Crippen LogP contribution in [0.3, 0.4) is 0 Å². The van der Waals surface area contributed by atoms with Crippen molar-refractivity contribution in [2.45, 2.75) is 39.0 Å². The van der Waals surface area contributed by atoms with Crippen molar-refractivity contribution >= 4 is 11.5 Å². The van der Waals surface area contributed by atoms with Crippen molar-refractivity contribution < 1.29 is 17.9 Å². The monoisotopic (exact) mass is 303 g/mol. The Bertz CT molecular complexity index is 483. The molecule has 0 radical (unpaired) electrons. The number of aromatic nitrogens is 1. The minimum Gasteiger partial charge on any atom is -0.473 e. The van der Waals surface area contributed by atoms with Gasteiger partial charge in [-0.2, -0.15) is 18.2 Å². The van der Waals surface area contributed by atoms with Crippen LogP contribution in [0.1, 0.15) is 26.7 Å². The third-order valence-electron chi connectivity index (χ3n) is 3.50. The molecule has 1 aliphatic rings. The standard InChI is InChI=1S/C14H20F3N3O/c1-9(2)21-13-11(18)3-4-12(19-13)20-7-5-10(6-8-20)14(15,16)17/h3-4,9-10H,5-8,18H2,1-2H3. The number of hydrogen-bond donors (Lipinski definition) is 1. The summed E-state index contributed by atoms with van der Waals surface area (Å²) < 4.78 is 43.5. The van der Waals surface area contributed by atoms with Crippen LogP contribution in [0, 0.1) is 5.92 Å². The third-order valence-corrected chi connectivity index (χ3v) is 3.50. The van der Waals surface area contributed by atoms with E-state index < -0.39 is 12.1 Å². The Hall–Kier alpha value is -1.66. The maximum atomic E-state index is 12.7. The Morgan fingerprint density at radius 3 is 2.43 bits per heavy atom. The second-order valence-electron chi connectivity index (χ2n) is 5.53. The Labute approximate surface area is 122 Å². The lowest BCUT2D eigenvalue weighted by Crippen LogP contribution is -2.39. The van der Waals surface area contributed by atoms with Gasteiger partial charge in [0.1, 0.15) is 5.82 Å². The Balaban J connectivity index is 2.07. The summed E-state index contributed by atoms with van der Waals surface area (Å²) in [6.45, 7) is 4.40. The lowest BCUT2D eigenvalue weighted by molar-refractivity contribution is -0.179. The van der Waals surface area contributed by atoms with Crippen LogP contribution < -0.4 is 15.4 Å². The van der Waals surface area contributed by atoms with E-state index in [0.717, 1.165) is 0 Å². The van der Waals surface area contributed by atoms with Crippen molar-refractivity contribution in [3.8, 4) is 5.88 Å². The van der Waals surface area contributed by atoms with E-state index in [0.29, 0.717) is 30.5 Å². The molecule has 1 fully saturated rings. The zero-order valence-corrected chi connectivity index (χ0v) is 12.2. The number of nitrogen functional groups attached to an aromatic ring is 1.